The molecule has 4 nitrogen and oxygen atoms in total. The van der Waals surface area contributed by atoms with Crippen LogP contribution < -0.4 is 10.1 Å². The largest absolute Gasteiger partial charge is 0.496 e. The molecule has 1 N–H and O–H groups in total. The highest BCUT2D eigenvalue weighted by Crippen LogP contribution is 2.23. The van der Waals surface area contributed by atoms with Crippen LogP contribution in [0.3, 0.4) is 0 Å². The Kier molecular flexibility index (Phi) is 6.36. The zero-order chi connectivity index (χ0) is 14.3. The lowest BCUT2D eigenvalue weighted by Crippen LogP contribution is -2.30. The third-order valence-electron chi connectivity index (χ3n) is 2.87. The van der Waals surface area contributed by atoms with Gasteiger partial charge in [-0.2, -0.15) is 0 Å². The predicted molar refractivity (Wildman–Crippen MR) is 75.4 cm³/mol. The van der Waals surface area contributed by atoms with Gasteiger partial charge >= 0.3 is 5.97 Å². The van der Waals surface area contributed by atoms with Crippen LogP contribution in [-0.2, 0) is 9.53 Å². The molecule has 0 aromatic heterocycles. The minimum absolute atomic E-state index is 0.236. The molecule has 1 unspecified atom stereocenters. The number of aryl methyl sites for hydroxylation is 1. The Bertz CT molecular complexity index is 418. The number of esters is 1. The fourth-order valence-corrected chi connectivity index (χ4v) is 1.93. The number of hydrogen-bond donors (Lipinski definition) is 1. The summed E-state index contributed by atoms with van der Waals surface area (Å²) in [5, 5.41) is 3.22. The van der Waals surface area contributed by atoms with E-state index in [1.165, 1.54) is 0 Å². The number of methoxy groups -OCH3 is 1. The normalized spacial score (nSPS) is 12.0. The summed E-state index contributed by atoms with van der Waals surface area (Å²) in [5.41, 5.74) is 1.91. The maximum atomic E-state index is 12.0. The van der Waals surface area contributed by atoms with Gasteiger partial charge in [-0.05, 0) is 44.0 Å². The molecule has 0 spiro atoms. The monoisotopic (exact) mass is 265 g/mol. The Morgan fingerprint density at radius 3 is 2.63 bits per heavy atom. The molecule has 106 valence electrons. The first-order valence-corrected chi connectivity index (χ1v) is 6.68. The van der Waals surface area contributed by atoms with E-state index in [1.54, 1.807) is 7.11 Å². The molecule has 4 heteroatoms. The lowest BCUT2D eigenvalue weighted by Gasteiger charge is -2.18. The number of rotatable bonds is 7. The first-order valence-electron chi connectivity index (χ1n) is 6.68. The van der Waals surface area contributed by atoms with Gasteiger partial charge in [0.05, 0.1) is 13.7 Å². The van der Waals surface area contributed by atoms with Crippen LogP contribution >= 0.6 is 0 Å². The fraction of sp³-hybridized carbons (Fsp3) is 0.533. The van der Waals surface area contributed by atoms with Gasteiger partial charge in [0.1, 0.15) is 11.8 Å². The van der Waals surface area contributed by atoms with E-state index in [0.29, 0.717) is 6.61 Å². The van der Waals surface area contributed by atoms with Gasteiger partial charge in [-0.3, -0.25) is 0 Å². The van der Waals surface area contributed by atoms with Crippen molar-refractivity contribution in [3.63, 3.8) is 0 Å². The topological polar surface area (TPSA) is 47.6 Å². The molecular weight excluding hydrogens is 242 g/mol. The van der Waals surface area contributed by atoms with Gasteiger partial charge < -0.3 is 14.8 Å². The molecule has 0 saturated carbocycles. The van der Waals surface area contributed by atoms with E-state index < -0.39 is 6.04 Å². The second-order valence-electron chi connectivity index (χ2n) is 4.37. The predicted octanol–water partition coefficient (Wildman–Crippen LogP) is 2.61. The van der Waals surface area contributed by atoms with E-state index in [9.17, 15) is 4.79 Å². The molecule has 0 saturated heterocycles. The summed E-state index contributed by atoms with van der Waals surface area (Å²) in [4.78, 5) is 12.0. The maximum Gasteiger partial charge on any atom is 0.327 e. The minimum atomic E-state index is -0.412. The molecule has 0 amide bonds. The van der Waals surface area contributed by atoms with E-state index in [1.807, 2.05) is 32.0 Å². The van der Waals surface area contributed by atoms with Crippen molar-refractivity contribution >= 4 is 5.97 Å². The summed E-state index contributed by atoms with van der Waals surface area (Å²) >= 11 is 0. The van der Waals surface area contributed by atoms with Crippen LogP contribution in [0.1, 0.15) is 37.4 Å². The van der Waals surface area contributed by atoms with Gasteiger partial charge in [-0.1, -0.05) is 19.1 Å². The van der Waals surface area contributed by atoms with Crippen molar-refractivity contribution in [1.82, 2.24) is 5.32 Å². The van der Waals surface area contributed by atoms with Gasteiger partial charge in [-0.15, -0.1) is 0 Å². The summed E-state index contributed by atoms with van der Waals surface area (Å²) in [5.74, 6) is 0.586. The van der Waals surface area contributed by atoms with Gasteiger partial charge in [0.2, 0.25) is 0 Å². The molecule has 19 heavy (non-hydrogen) atoms. The van der Waals surface area contributed by atoms with E-state index in [-0.39, 0.29) is 5.97 Å². The number of carbonyl (C=O) groups excluding carboxylic acids is 1. The first kappa shape index (κ1) is 15.5. The van der Waals surface area contributed by atoms with E-state index in [0.717, 1.165) is 29.8 Å². The third-order valence-corrected chi connectivity index (χ3v) is 2.87. The minimum Gasteiger partial charge on any atom is -0.496 e. The summed E-state index contributed by atoms with van der Waals surface area (Å²) in [6.45, 7) is 7.00. The van der Waals surface area contributed by atoms with Crippen molar-refractivity contribution in [3.05, 3.63) is 29.3 Å². The number of ether oxygens (including phenoxy) is 2. The summed E-state index contributed by atoms with van der Waals surface area (Å²) < 4.78 is 10.4. The zero-order valence-corrected chi connectivity index (χ0v) is 12.2. The van der Waals surface area contributed by atoms with Crippen molar-refractivity contribution in [3.8, 4) is 5.75 Å². The molecule has 0 aliphatic heterocycles. The quantitative estimate of drug-likeness (QED) is 0.770. The maximum absolute atomic E-state index is 12.0. The van der Waals surface area contributed by atoms with Crippen molar-refractivity contribution in [2.24, 2.45) is 0 Å². The third kappa shape index (κ3) is 4.24. The Morgan fingerprint density at radius 2 is 2.11 bits per heavy atom. The fourth-order valence-electron chi connectivity index (χ4n) is 1.93. The second-order valence-corrected chi connectivity index (χ2v) is 4.37. The highest BCUT2D eigenvalue weighted by atomic mass is 16.5. The second kappa shape index (κ2) is 7.79. The lowest BCUT2D eigenvalue weighted by molar-refractivity contribution is -0.145. The molecule has 1 aromatic carbocycles. The van der Waals surface area contributed by atoms with Crippen LogP contribution in [0.2, 0.25) is 0 Å². The van der Waals surface area contributed by atoms with E-state index >= 15 is 0 Å². The molecule has 0 bridgehead atoms. The highest BCUT2D eigenvalue weighted by Gasteiger charge is 2.21. The Balaban J connectivity index is 2.96. The van der Waals surface area contributed by atoms with Crippen LogP contribution in [0.15, 0.2) is 18.2 Å². The summed E-state index contributed by atoms with van der Waals surface area (Å²) in [6, 6.07) is 5.33. The molecule has 1 atom stereocenters. The van der Waals surface area contributed by atoms with Gasteiger partial charge in [0.25, 0.3) is 0 Å². The Labute approximate surface area is 115 Å². The van der Waals surface area contributed by atoms with Crippen molar-refractivity contribution < 1.29 is 14.3 Å². The molecule has 1 aromatic rings. The van der Waals surface area contributed by atoms with Crippen molar-refractivity contribution in [2.75, 3.05) is 20.3 Å². The molecule has 1 rings (SSSR count). The smallest absolute Gasteiger partial charge is 0.327 e. The molecule has 0 aliphatic carbocycles. The van der Waals surface area contributed by atoms with Gasteiger partial charge in [0.15, 0.2) is 0 Å². The lowest BCUT2D eigenvalue weighted by atomic mass is 10.0. The average Bonchev–Trinajstić information content (AvgIpc) is 2.39. The SMILES string of the molecule is CCCNC(C(=O)OCC)c1ccc(OC)c(C)c1. The summed E-state index contributed by atoms with van der Waals surface area (Å²) in [6.07, 6.45) is 0.963. The molecular formula is C15H23NO3. The zero-order valence-electron chi connectivity index (χ0n) is 12.2. The number of benzene rings is 1. The standard InChI is InChI=1S/C15H23NO3/c1-5-9-16-14(15(17)19-6-2)12-7-8-13(18-4)11(3)10-12/h7-8,10,14,16H,5-6,9H2,1-4H3. The van der Waals surface area contributed by atoms with Crippen LogP contribution in [0.5, 0.6) is 5.75 Å². The van der Waals surface area contributed by atoms with Crippen LogP contribution in [-0.4, -0.2) is 26.2 Å². The van der Waals surface area contributed by atoms with Crippen LogP contribution in [0.25, 0.3) is 0 Å². The van der Waals surface area contributed by atoms with Crippen LogP contribution in [0, 0.1) is 6.92 Å². The van der Waals surface area contributed by atoms with Gasteiger partial charge in [0, 0.05) is 0 Å². The molecule has 0 heterocycles. The Morgan fingerprint density at radius 1 is 1.37 bits per heavy atom. The number of hydrogen-bond acceptors (Lipinski definition) is 4. The molecule has 0 aliphatic rings. The van der Waals surface area contributed by atoms with Crippen molar-refractivity contribution in [1.29, 1.82) is 0 Å². The van der Waals surface area contributed by atoms with Crippen molar-refractivity contribution in [2.45, 2.75) is 33.2 Å². The average molecular weight is 265 g/mol. The molecule has 0 radical (unpaired) electrons. The summed E-state index contributed by atoms with van der Waals surface area (Å²) in [7, 11) is 1.64. The van der Waals surface area contributed by atoms with Crippen LogP contribution in [0.4, 0.5) is 0 Å². The van der Waals surface area contributed by atoms with E-state index in [4.69, 9.17) is 9.47 Å². The number of nitrogens with one attached hydrogen (secondary N) is 1. The first-order chi connectivity index (χ1) is 9.13. The highest BCUT2D eigenvalue weighted by molar-refractivity contribution is 5.77. The van der Waals surface area contributed by atoms with Gasteiger partial charge in [-0.25, -0.2) is 4.79 Å². The van der Waals surface area contributed by atoms with E-state index in [2.05, 4.69) is 12.2 Å². The number of carbonyl (C=O) groups is 1. The Hall–Kier alpha value is -1.55. The molecule has 0 fully saturated rings.